The summed E-state index contributed by atoms with van der Waals surface area (Å²) in [6.07, 6.45) is 4.36. The van der Waals surface area contributed by atoms with E-state index in [2.05, 4.69) is 32.5 Å². The minimum absolute atomic E-state index is 0.613. The molecular formula is C13H14BrClN2. The number of rotatable bonds is 4. The van der Waals surface area contributed by atoms with Gasteiger partial charge in [0.25, 0.3) is 0 Å². The molecule has 0 aromatic carbocycles. The number of hydrogen-bond acceptors (Lipinski definition) is 2. The predicted octanol–water partition coefficient (Wildman–Crippen LogP) is 4.86. The third kappa shape index (κ3) is 4.10. The summed E-state index contributed by atoms with van der Waals surface area (Å²) in [5.74, 6) is 0. The zero-order valence-electron chi connectivity index (χ0n) is 9.87. The van der Waals surface area contributed by atoms with E-state index < -0.39 is 0 Å². The maximum atomic E-state index is 5.79. The van der Waals surface area contributed by atoms with Crippen LogP contribution >= 0.6 is 27.5 Å². The minimum Gasteiger partial charge on any atom is -0.255 e. The highest BCUT2D eigenvalue weighted by atomic mass is 79.9. The molecule has 90 valence electrons. The Balaban J connectivity index is 2.99. The summed E-state index contributed by atoms with van der Waals surface area (Å²) in [7, 11) is 0. The van der Waals surface area contributed by atoms with Crippen LogP contribution in [-0.4, -0.2) is 9.60 Å². The third-order valence-corrected chi connectivity index (χ3v) is 3.11. The van der Waals surface area contributed by atoms with Crippen LogP contribution in [0.1, 0.15) is 26.0 Å². The molecule has 1 aromatic rings. The lowest BCUT2D eigenvalue weighted by molar-refractivity contribution is 1.24. The fourth-order valence-corrected chi connectivity index (χ4v) is 1.50. The van der Waals surface area contributed by atoms with Crippen molar-refractivity contribution in [2.75, 3.05) is 0 Å². The Labute approximate surface area is 115 Å². The second-order valence-electron chi connectivity index (χ2n) is 3.36. The van der Waals surface area contributed by atoms with Gasteiger partial charge >= 0.3 is 0 Å². The molecular weight excluding hydrogens is 300 g/mol. The van der Waals surface area contributed by atoms with Crippen molar-refractivity contribution < 1.29 is 0 Å². The number of aliphatic imine (C=N–C) groups is 1. The van der Waals surface area contributed by atoms with E-state index in [0.29, 0.717) is 5.02 Å². The van der Waals surface area contributed by atoms with Gasteiger partial charge in [0.2, 0.25) is 0 Å². The lowest BCUT2D eigenvalue weighted by Gasteiger charge is -2.06. The highest BCUT2D eigenvalue weighted by molar-refractivity contribution is 9.18. The molecule has 0 aliphatic rings. The van der Waals surface area contributed by atoms with Crippen molar-refractivity contribution in [1.29, 1.82) is 0 Å². The summed E-state index contributed by atoms with van der Waals surface area (Å²) in [4.78, 5) is 8.66. The molecule has 0 saturated carbocycles. The molecule has 0 aliphatic carbocycles. The summed E-state index contributed by atoms with van der Waals surface area (Å²) in [6.45, 7) is 7.97. The van der Waals surface area contributed by atoms with Crippen LogP contribution in [0.15, 0.2) is 41.7 Å². The van der Waals surface area contributed by atoms with Crippen molar-refractivity contribution in [3.8, 4) is 0 Å². The fourth-order valence-electron chi connectivity index (χ4n) is 1.20. The van der Waals surface area contributed by atoms with Crippen LogP contribution in [0, 0.1) is 0 Å². The van der Waals surface area contributed by atoms with Gasteiger partial charge in [0.05, 0.1) is 21.0 Å². The van der Waals surface area contributed by atoms with E-state index in [9.17, 15) is 0 Å². The average Bonchev–Trinajstić information content (AvgIpc) is 2.35. The van der Waals surface area contributed by atoms with Crippen molar-refractivity contribution in [3.63, 3.8) is 0 Å². The van der Waals surface area contributed by atoms with Crippen molar-refractivity contribution in [3.05, 3.63) is 47.4 Å². The Morgan fingerprint density at radius 3 is 2.76 bits per heavy atom. The summed E-state index contributed by atoms with van der Waals surface area (Å²) >= 11 is 9.19. The SMILES string of the molecule is C=C(C(=C/C)/N=C(/Br)CC)c1ccc(Cl)cn1. The standard InChI is InChI=1S/C13H14BrClN2/c1-4-11(17-13(14)5-2)9(3)12-7-6-10(15)8-16-12/h4,6-8H,3,5H2,1-2H3/b11-4-,17-13+. The Hall–Kier alpha value is -0.930. The molecule has 0 aliphatic heterocycles. The first-order valence-electron chi connectivity index (χ1n) is 5.29. The van der Waals surface area contributed by atoms with Crippen LogP contribution in [-0.2, 0) is 0 Å². The molecule has 0 unspecified atom stereocenters. The van der Waals surface area contributed by atoms with Gasteiger partial charge in [-0.25, -0.2) is 4.99 Å². The topological polar surface area (TPSA) is 25.2 Å². The number of aromatic nitrogens is 1. The molecule has 17 heavy (non-hydrogen) atoms. The Bertz CT molecular complexity index is 461. The second-order valence-corrected chi connectivity index (χ2v) is 4.71. The first-order valence-corrected chi connectivity index (χ1v) is 6.46. The maximum Gasteiger partial charge on any atom is 0.0833 e. The molecule has 1 rings (SSSR count). The highest BCUT2D eigenvalue weighted by Gasteiger charge is 2.06. The number of hydrogen-bond donors (Lipinski definition) is 0. The van der Waals surface area contributed by atoms with Crippen LogP contribution in [0.4, 0.5) is 0 Å². The molecule has 0 saturated heterocycles. The average molecular weight is 314 g/mol. The number of halogens is 2. The van der Waals surface area contributed by atoms with Gasteiger partial charge < -0.3 is 0 Å². The molecule has 0 N–H and O–H groups in total. The first kappa shape index (κ1) is 14.1. The number of nitrogens with zero attached hydrogens (tertiary/aromatic N) is 2. The van der Waals surface area contributed by atoms with Crippen molar-refractivity contribution >= 4 is 37.7 Å². The van der Waals surface area contributed by atoms with Gasteiger partial charge in [-0.3, -0.25) is 4.98 Å². The van der Waals surface area contributed by atoms with Crippen LogP contribution in [0.25, 0.3) is 5.57 Å². The van der Waals surface area contributed by atoms with E-state index in [4.69, 9.17) is 11.6 Å². The molecule has 2 nitrogen and oxygen atoms in total. The Kier molecular flexibility index (Phi) is 5.59. The minimum atomic E-state index is 0.613. The van der Waals surface area contributed by atoms with Crippen LogP contribution in [0.3, 0.4) is 0 Å². The lowest BCUT2D eigenvalue weighted by atomic mass is 10.1. The molecule has 1 aromatic heterocycles. The van der Waals surface area contributed by atoms with E-state index in [1.807, 2.05) is 26.0 Å². The quantitative estimate of drug-likeness (QED) is 0.576. The molecule has 0 amide bonds. The van der Waals surface area contributed by atoms with Crippen molar-refractivity contribution in [2.24, 2.45) is 4.99 Å². The van der Waals surface area contributed by atoms with E-state index in [1.165, 1.54) is 0 Å². The van der Waals surface area contributed by atoms with E-state index in [0.717, 1.165) is 28.0 Å². The molecule has 0 bridgehead atoms. The monoisotopic (exact) mass is 312 g/mol. The summed E-state index contributed by atoms with van der Waals surface area (Å²) < 4.78 is 0.890. The normalized spacial score (nSPS) is 12.7. The van der Waals surface area contributed by atoms with Crippen LogP contribution in [0.2, 0.25) is 5.02 Å². The van der Waals surface area contributed by atoms with Gasteiger partial charge in [0.1, 0.15) is 0 Å². The highest BCUT2D eigenvalue weighted by Crippen LogP contribution is 2.22. The fraction of sp³-hybridized carbons (Fsp3) is 0.231. The molecule has 0 fully saturated rings. The summed E-state index contributed by atoms with van der Waals surface area (Å²) in [5.41, 5.74) is 2.38. The van der Waals surface area contributed by atoms with Gasteiger partial charge in [0.15, 0.2) is 0 Å². The zero-order chi connectivity index (χ0) is 12.8. The maximum absolute atomic E-state index is 5.79. The lowest BCUT2D eigenvalue weighted by Crippen LogP contribution is -1.92. The van der Waals surface area contributed by atoms with Crippen LogP contribution < -0.4 is 0 Å². The summed E-state index contributed by atoms with van der Waals surface area (Å²) in [6, 6.07) is 3.63. The third-order valence-electron chi connectivity index (χ3n) is 2.15. The number of pyridine rings is 1. The van der Waals surface area contributed by atoms with Gasteiger partial charge in [-0.1, -0.05) is 31.2 Å². The molecule has 0 spiro atoms. The van der Waals surface area contributed by atoms with Gasteiger partial charge in [-0.15, -0.1) is 0 Å². The van der Waals surface area contributed by atoms with E-state index in [1.54, 1.807) is 12.3 Å². The van der Waals surface area contributed by atoms with Gasteiger partial charge in [0, 0.05) is 11.8 Å². The molecule has 4 heteroatoms. The summed E-state index contributed by atoms with van der Waals surface area (Å²) in [5, 5.41) is 0.613. The zero-order valence-corrected chi connectivity index (χ0v) is 12.2. The smallest absolute Gasteiger partial charge is 0.0833 e. The van der Waals surface area contributed by atoms with E-state index in [-0.39, 0.29) is 0 Å². The molecule has 1 heterocycles. The van der Waals surface area contributed by atoms with Crippen LogP contribution in [0.5, 0.6) is 0 Å². The second kappa shape index (κ2) is 6.72. The first-order chi connectivity index (χ1) is 8.08. The van der Waals surface area contributed by atoms with Crippen molar-refractivity contribution in [2.45, 2.75) is 20.3 Å². The molecule has 0 atom stereocenters. The van der Waals surface area contributed by atoms with E-state index >= 15 is 0 Å². The molecule has 0 radical (unpaired) electrons. The largest absolute Gasteiger partial charge is 0.255 e. The number of allylic oxidation sites excluding steroid dienone is 2. The van der Waals surface area contributed by atoms with Crippen molar-refractivity contribution in [1.82, 2.24) is 4.98 Å². The van der Waals surface area contributed by atoms with Gasteiger partial charge in [-0.05, 0) is 41.4 Å². The predicted molar refractivity (Wildman–Crippen MR) is 78.7 cm³/mol. The van der Waals surface area contributed by atoms with Gasteiger partial charge in [-0.2, -0.15) is 0 Å². The Morgan fingerprint density at radius 1 is 1.59 bits per heavy atom. The Morgan fingerprint density at radius 2 is 2.29 bits per heavy atom.